The van der Waals surface area contributed by atoms with Crippen LogP contribution in [0.5, 0.6) is 0 Å². The second-order valence-corrected chi connectivity index (χ2v) is 9.53. The largest absolute Gasteiger partial charge is 0.308 e. The van der Waals surface area contributed by atoms with Gasteiger partial charge in [-0.2, -0.15) is 0 Å². The Morgan fingerprint density at radius 2 is 1.95 bits per heavy atom. The summed E-state index contributed by atoms with van der Waals surface area (Å²) >= 11 is 0. The van der Waals surface area contributed by atoms with Crippen molar-refractivity contribution in [2.75, 3.05) is 31.6 Å². The highest BCUT2D eigenvalue weighted by Gasteiger charge is 2.40. The molecule has 21 heavy (non-hydrogen) atoms. The van der Waals surface area contributed by atoms with E-state index in [2.05, 4.69) is 24.1 Å². The molecule has 4 nitrogen and oxygen atoms in total. The minimum atomic E-state index is -2.88. The molecule has 1 aliphatic heterocycles. The van der Waals surface area contributed by atoms with Crippen LogP contribution in [0.2, 0.25) is 0 Å². The Hall–Kier alpha value is -0.130. The molecular weight excluding hydrogens is 284 g/mol. The van der Waals surface area contributed by atoms with Crippen LogP contribution in [-0.2, 0) is 9.84 Å². The zero-order valence-corrected chi connectivity index (χ0v) is 14.7. The van der Waals surface area contributed by atoms with Crippen molar-refractivity contribution >= 4 is 9.84 Å². The molecule has 5 heteroatoms. The second-order valence-electron chi connectivity index (χ2n) is 7.28. The van der Waals surface area contributed by atoms with Gasteiger partial charge in [0.2, 0.25) is 0 Å². The van der Waals surface area contributed by atoms with Gasteiger partial charge in [-0.25, -0.2) is 8.42 Å². The first-order valence-electron chi connectivity index (χ1n) is 8.52. The summed E-state index contributed by atoms with van der Waals surface area (Å²) in [5.41, 5.74) is 0.250. The molecule has 2 atom stereocenters. The molecule has 1 saturated carbocycles. The number of nitrogens with zero attached hydrogens (tertiary/aromatic N) is 1. The Kier molecular flexibility index (Phi) is 5.71. The molecule has 1 N–H and O–H groups in total. The summed E-state index contributed by atoms with van der Waals surface area (Å²) in [7, 11) is -2.88. The highest BCUT2D eigenvalue weighted by molar-refractivity contribution is 7.90. The third-order valence-electron chi connectivity index (χ3n) is 5.52. The SMILES string of the molecule is CCC(C)C1CNC2(CCCCC2)CN1CCS(C)(=O)=O. The lowest BCUT2D eigenvalue weighted by atomic mass is 9.78. The lowest BCUT2D eigenvalue weighted by Gasteiger charge is -2.51. The maximum absolute atomic E-state index is 11.5. The van der Waals surface area contributed by atoms with E-state index in [1.807, 2.05) is 0 Å². The first-order chi connectivity index (χ1) is 9.85. The molecule has 1 aliphatic carbocycles. The molecular formula is C16H32N2O2S. The highest BCUT2D eigenvalue weighted by atomic mass is 32.2. The van der Waals surface area contributed by atoms with Gasteiger partial charge in [0.1, 0.15) is 9.84 Å². The third kappa shape index (κ3) is 4.67. The van der Waals surface area contributed by atoms with Crippen LogP contribution in [0.25, 0.3) is 0 Å². The summed E-state index contributed by atoms with van der Waals surface area (Å²) < 4.78 is 23.1. The van der Waals surface area contributed by atoms with E-state index in [1.54, 1.807) is 0 Å². The van der Waals surface area contributed by atoms with Gasteiger partial charge in [0.25, 0.3) is 0 Å². The van der Waals surface area contributed by atoms with Gasteiger partial charge in [-0.15, -0.1) is 0 Å². The third-order valence-corrected chi connectivity index (χ3v) is 6.45. The van der Waals surface area contributed by atoms with Gasteiger partial charge in [0, 0.05) is 37.5 Å². The minimum absolute atomic E-state index is 0.250. The van der Waals surface area contributed by atoms with E-state index >= 15 is 0 Å². The normalized spacial score (nSPS) is 28.6. The molecule has 0 amide bonds. The van der Waals surface area contributed by atoms with E-state index in [1.165, 1.54) is 38.4 Å². The first kappa shape index (κ1) is 17.2. The fraction of sp³-hybridized carbons (Fsp3) is 1.00. The summed E-state index contributed by atoms with van der Waals surface area (Å²) in [6.07, 6.45) is 8.95. The molecule has 1 heterocycles. The van der Waals surface area contributed by atoms with Crippen molar-refractivity contribution < 1.29 is 8.42 Å². The Morgan fingerprint density at radius 1 is 1.29 bits per heavy atom. The van der Waals surface area contributed by atoms with E-state index in [0.29, 0.717) is 18.5 Å². The Bertz CT molecular complexity index is 430. The number of sulfone groups is 1. The Morgan fingerprint density at radius 3 is 2.52 bits per heavy atom. The number of rotatable bonds is 5. The standard InChI is InChI=1S/C16H32N2O2S/c1-4-14(2)15-12-17-16(8-6-5-7-9-16)13-18(15)10-11-21(3,19)20/h14-15,17H,4-13H2,1-3H3. The zero-order valence-electron chi connectivity index (χ0n) is 13.9. The van der Waals surface area contributed by atoms with E-state index in [4.69, 9.17) is 0 Å². The molecule has 2 unspecified atom stereocenters. The van der Waals surface area contributed by atoms with Crippen molar-refractivity contribution in [1.82, 2.24) is 10.2 Å². The van der Waals surface area contributed by atoms with Crippen LogP contribution in [-0.4, -0.2) is 56.5 Å². The maximum Gasteiger partial charge on any atom is 0.148 e. The van der Waals surface area contributed by atoms with Crippen molar-refractivity contribution in [2.45, 2.75) is 64.0 Å². The van der Waals surface area contributed by atoms with Crippen molar-refractivity contribution in [1.29, 1.82) is 0 Å². The monoisotopic (exact) mass is 316 g/mol. The van der Waals surface area contributed by atoms with Crippen molar-refractivity contribution in [3.05, 3.63) is 0 Å². The lowest BCUT2D eigenvalue weighted by molar-refractivity contribution is 0.0367. The summed E-state index contributed by atoms with van der Waals surface area (Å²) in [6.45, 7) is 7.25. The topological polar surface area (TPSA) is 49.4 Å². The van der Waals surface area contributed by atoms with Crippen LogP contribution in [0.3, 0.4) is 0 Å². The molecule has 0 bridgehead atoms. The molecule has 0 aromatic heterocycles. The fourth-order valence-electron chi connectivity index (χ4n) is 3.94. The van der Waals surface area contributed by atoms with Gasteiger partial charge in [-0.1, -0.05) is 39.5 Å². The van der Waals surface area contributed by atoms with Crippen LogP contribution >= 0.6 is 0 Å². The van der Waals surface area contributed by atoms with E-state index in [-0.39, 0.29) is 11.3 Å². The maximum atomic E-state index is 11.5. The van der Waals surface area contributed by atoms with E-state index in [0.717, 1.165) is 19.5 Å². The van der Waals surface area contributed by atoms with Gasteiger partial charge in [-0.3, -0.25) is 4.90 Å². The summed E-state index contributed by atoms with van der Waals surface area (Å²) in [5, 5.41) is 3.84. The molecule has 124 valence electrons. The average Bonchev–Trinajstić information content (AvgIpc) is 2.44. The molecule has 0 radical (unpaired) electrons. The minimum Gasteiger partial charge on any atom is -0.308 e. The summed E-state index contributed by atoms with van der Waals surface area (Å²) in [5.74, 6) is 0.897. The number of piperazine rings is 1. The second kappa shape index (κ2) is 6.97. The molecule has 0 aromatic rings. The number of hydrogen-bond donors (Lipinski definition) is 1. The Labute approximate surface area is 130 Å². The summed E-state index contributed by atoms with van der Waals surface area (Å²) in [6, 6.07) is 0.476. The fourth-order valence-corrected chi connectivity index (χ4v) is 4.50. The van der Waals surface area contributed by atoms with Crippen LogP contribution in [0.15, 0.2) is 0 Å². The van der Waals surface area contributed by atoms with Crippen LogP contribution < -0.4 is 5.32 Å². The van der Waals surface area contributed by atoms with Crippen molar-refractivity contribution in [3.8, 4) is 0 Å². The molecule has 2 rings (SSSR count). The molecule has 1 saturated heterocycles. The van der Waals surface area contributed by atoms with Crippen LogP contribution in [0, 0.1) is 5.92 Å². The zero-order chi connectivity index (χ0) is 15.5. The summed E-state index contributed by atoms with van der Waals surface area (Å²) in [4.78, 5) is 2.47. The molecule has 2 aliphatic rings. The number of nitrogens with one attached hydrogen (secondary N) is 1. The van der Waals surface area contributed by atoms with Gasteiger partial charge < -0.3 is 5.32 Å². The smallest absolute Gasteiger partial charge is 0.148 e. The molecule has 2 fully saturated rings. The van der Waals surface area contributed by atoms with Crippen LogP contribution in [0.1, 0.15) is 52.4 Å². The average molecular weight is 317 g/mol. The molecule has 1 spiro atoms. The van der Waals surface area contributed by atoms with E-state index in [9.17, 15) is 8.42 Å². The van der Waals surface area contributed by atoms with Gasteiger partial charge in [0.05, 0.1) is 5.75 Å². The lowest BCUT2D eigenvalue weighted by Crippen LogP contribution is -2.66. The number of hydrogen-bond acceptors (Lipinski definition) is 4. The van der Waals surface area contributed by atoms with Crippen molar-refractivity contribution in [3.63, 3.8) is 0 Å². The van der Waals surface area contributed by atoms with Crippen LogP contribution in [0.4, 0.5) is 0 Å². The first-order valence-corrected chi connectivity index (χ1v) is 10.6. The predicted octanol–water partition coefficient (Wildman–Crippen LogP) is 2.05. The highest BCUT2D eigenvalue weighted by Crippen LogP contribution is 2.33. The van der Waals surface area contributed by atoms with Gasteiger partial charge in [0.15, 0.2) is 0 Å². The predicted molar refractivity (Wildman–Crippen MR) is 88.3 cm³/mol. The molecule has 0 aromatic carbocycles. The quantitative estimate of drug-likeness (QED) is 0.843. The van der Waals surface area contributed by atoms with Gasteiger partial charge in [-0.05, 0) is 18.8 Å². The Balaban J connectivity index is 2.07. The van der Waals surface area contributed by atoms with Gasteiger partial charge >= 0.3 is 0 Å². The van der Waals surface area contributed by atoms with E-state index < -0.39 is 9.84 Å². The van der Waals surface area contributed by atoms with Crippen molar-refractivity contribution in [2.24, 2.45) is 5.92 Å².